The quantitative estimate of drug-likeness (QED) is 0.180. The summed E-state index contributed by atoms with van der Waals surface area (Å²) in [4.78, 5) is 5.19. The van der Waals surface area contributed by atoms with Crippen molar-refractivity contribution < 1.29 is 0 Å². The summed E-state index contributed by atoms with van der Waals surface area (Å²) in [5.74, 6) is 0. The van der Waals surface area contributed by atoms with Gasteiger partial charge in [-0.2, -0.15) is 5.26 Å². The molecule has 0 atom stereocenters. The molecule has 0 fully saturated rings. The highest BCUT2D eigenvalue weighted by molar-refractivity contribution is 6.13. The van der Waals surface area contributed by atoms with Gasteiger partial charge in [-0.15, -0.1) is 0 Å². The third-order valence-corrected chi connectivity index (χ3v) is 11.2. The summed E-state index contributed by atoms with van der Waals surface area (Å²) in [5, 5.41) is 12.8. The van der Waals surface area contributed by atoms with Crippen molar-refractivity contribution in [1.82, 2.24) is 9.55 Å². The summed E-state index contributed by atoms with van der Waals surface area (Å²) < 4.78 is 2.47. The molecule has 0 unspecified atom stereocenters. The van der Waals surface area contributed by atoms with Gasteiger partial charge in [-0.3, -0.25) is 0 Å². The van der Waals surface area contributed by atoms with Crippen LogP contribution in [-0.2, 0) is 5.41 Å². The predicted molar refractivity (Wildman–Crippen MR) is 223 cm³/mol. The first kappa shape index (κ1) is 31.7. The molecule has 10 rings (SSSR count). The van der Waals surface area contributed by atoms with Crippen molar-refractivity contribution in [1.29, 1.82) is 5.26 Å². The van der Waals surface area contributed by atoms with E-state index in [1.807, 2.05) is 30.3 Å². The van der Waals surface area contributed by atoms with Crippen LogP contribution in [0.5, 0.6) is 0 Å². The van der Waals surface area contributed by atoms with Gasteiger partial charge in [0.25, 0.3) is 0 Å². The van der Waals surface area contributed by atoms with Crippen molar-refractivity contribution in [2.45, 2.75) is 19.3 Å². The van der Waals surface area contributed by atoms with Gasteiger partial charge in [0.1, 0.15) is 0 Å². The molecule has 254 valence electrons. The highest BCUT2D eigenvalue weighted by Gasteiger charge is 2.38. The highest BCUT2D eigenvalue weighted by Crippen LogP contribution is 2.53. The standard InChI is InChI=1S/C51H35N3/c1-51(2)45-23-13-11-21-41(45)43-25-26-44-42-22-12-14-24-48(42)54(50(44)49(43)51)39-28-36(27-38(29-39)40-20-10-9-19-35(40)32-52)37-30-46(33-15-5-3-6-16-33)53-47(31-37)34-17-7-4-8-18-34/h3-31H,1-2H3. The first-order valence-electron chi connectivity index (χ1n) is 18.4. The van der Waals surface area contributed by atoms with Gasteiger partial charge in [0.2, 0.25) is 0 Å². The molecule has 3 nitrogen and oxygen atoms in total. The van der Waals surface area contributed by atoms with Crippen LogP contribution in [0, 0.1) is 11.3 Å². The van der Waals surface area contributed by atoms with Gasteiger partial charge in [-0.05, 0) is 87.0 Å². The Labute approximate surface area is 315 Å². The Bertz CT molecular complexity index is 2900. The Balaban J connectivity index is 1.31. The Morgan fingerprint density at radius 1 is 0.500 bits per heavy atom. The predicted octanol–water partition coefficient (Wildman–Crippen LogP) is 13.0. The van der Waals surface area contributed by atoms with Crippen molar-refractivity contribution in [2.75, 3.05) is 0 Å². The van der Waals surface area contributed by atoms with Crippen LogP contribution in [0.1, 0.15) is 30.5 Å². The van der Waals surface area contributed by atoms with E-state index in [-0.39, 0.29) is 5.41 Å². The number of aromatic nitrogens is 2. The van der Waals surface area contributed by atoms with Gasteiger partial charge >= 0.3 is 0 Å². The van der Waals surface area contributed by atoms with Crippen molar-refractivity contribution in [3.63, 3.8) is 0 Å². The van der Waals surface area contributed by atoms with Crippen LogP contribution in [-0.4, -0.2) is 9.55 Å². The van der Waals surface area contributed by atoms with Crippen LogP contribution in [0.2, 0.25) is 0 Å². The maximum Gasteiger partial charge on any atom is 0.0998 e. The molecule has 2 aromatic heterocycles. The van der Waals surface area contributed by atoms with Crippen LogP contribution in [0.3, 0.4) is 0 Å². The van der Waals surface area contributed by atoms with Gasteiger partial charge < -0.3 is 4.57 Å². The molecular weight excluding hydrogens is 655 g/mol. The Morgan fingerprint density at radius 3 is 1.81 bits per heavy atom. The third-order valence-electron chi connectivity index (χ3n) is 11.2. The van der Waals surface area contributed by atoms with E-state index >= 15 is 0 Å². The number of para-hydroxylation sites is 1. The molecule has 0 bridgehead atoms. The fourth-order valence-electron chi connectivity index (χ4n) is 8.69. The van der Waals surface area contributed by atoms with E-state index in [2.05, 4.69) is 170 Å². The zero-order chi connectivity index (χ0) is 36.4. The minimum atomic E-state index is -0.217. The normalized spacial score (nSPS) is 12.8. The van der Waals surface area contributed by atoms with Crippen LogP contribution in [0.4, 0.5) is 0 Å². The van der Waals surface area contributed by atoms with Crippen LogP contribution < -0.4 is 0 Å². The van der Waals surface area contributed by atoms with Gasteiger partial charge in [0, 0.05) is 33.0 Å². The minimum Gasteiger partial charge on any atom is -0.309 e. The second-order valence-corrected chi connectivity index (χ2v) is 14.7. The molecule has 54 heavy (non-hydrogen) atoms. The minimum absolute atomic E-state index is 0.217. The van der Waals surface area contributed by atoms with E-state index in [1.165, 1.54) is 38.5 Å². The zero-order valence-corrected chi connectivity index (χ0v) is 30.1. The summed E-state index contributed by atoms with van der Waals surface area (Å²) in [5.41, 5.74) is 17.0. The Kier molecular flexibility index (Phi) is 7.22. The van der Waals surface area contributed by atoms with Crippen LogP contribution >= 0.6 is 0 Å². The zero-order valence-electron chi connectivity index (χ0n) is 30.1. The van der Waals surface area contributed by atoms with E-state index in [0.717, 1.165) is 56.0 Å². The summed E-state index contributed by atoms with van der Waals surface area (Å²) in [6.45, 7) is 4.72. The first-order valence-corrected chi connectivity index (χ1v) is 18.4. The van der Waals surface area contributed by atoms with Crippen molar-refractivity contribution in [3.05, 3.63) is 193 Å². The molecule has 0 aliphatic heterocycles. The molecule has 3 heteroatoms. The number of nitriles is 1. The van der Waals surface area contributed by atoms with Gasteiger partial charge in [-0.1, -0.05) is 147 Å². The summed E-state index contributed by atoms with van der Waals surface area (Å²) >= 11 is 0. The number of rotatable bonds is 5. The number of fused-ring (bicyclic) bond motifs is 7. The maximum absolute atomic E-state index is 10.3. The fourth-order valence-corrected chi connectivity index (χ4v) is 8.69. The smallest absolute Gasteiger partial charge is 0.0998 e. The summed E-state index contributed by atoms with van der Waals surface area (Å²) in [7, 11) is 0. The van der Waals surface area contributed by atoms with Crippen molar-refractivity contribution in [3.8, 4) is 67.7 Å². The molecule has 2 heterocycles. The average molecular weight is 690 g/mol. The lowest BCUT2D eigenvalue weighted by molar-refractivity contribution is 0.664. The molecule has 0 saturated carbocycles. The van der Waals surface area contributed by atoms with E-state index < -0.39 is 0 Å². The molecule has 1 aliphatic carbocycles. The van der Waals surface area contributed by atoms with Crippen molar-refractivity contribution >= 4 is 21.8 Å². The second kappa shape index (κ2) is 12.3. The SMILES string of the molecule is CC1(C)c2ccccc2-c2ccc3c4ccccc4n(-c4cc(-c5cc(-c6ccccc6)nc(-c6ccccc6)c5)cc(-c5ccccc5C#N)c4)c3c21. The maximum atomic E-state index is 10.3. The third kappa shape index (κ3) is 4.92. The van der Waals surface area contributed by atoms with Crippen molar-refractivity contribution in [2.24, 2.45) is 0 Å². The molecule has 0 spiro atoms. The monoisotopic (exact) mass is 689 g/mol. The first-order chi connectivity index (χ1) is 26.5. The average Bonchev–Trinajstić information content (AvgIpc) is 3.69. The number of hydrogen-bond acceptors (Lipinski definition) is 2. The lowest BCUT2D eigenvalue weighted by atomic mass is 9.81. The molecule has 1 aliphatic rings. The molecule has 9 aromatic rings. The molecule has 7 aromatic carbocycles. The molecule has 0 amide bonds. The van der Waals surface area contributed by atoms with E-state index in [0.29, 0.717) is 5.56 Å². The van der Waals surface area contributed by atoms with E-state index in [9.17, 15) is 5.26 Å². The topological polar surface area (TPSA) is 41.6 Å². The highest BCUT2D eigenvalue weighted by atomic mass is 15.0. The number of benzene rings is 7. The Morgan fingerprint density at radius 2 is 1.09 bits per heavy atom. The summed E-state index contributed by atoms with van der Waals surface area (Å²) in [6.07, 6.45) is 0. The number of hydrogen-bond donors (Lipinski definition) is 0. The van der Waals surface area contributed by atoms with Crippen LogP contribution in [0.15, 0.2) is 176 Å². The second-order valence-electron chi connectivity index (χ2n) is 14.7. The number of pyridine rings is 1. The van der Waals surface area contributed by atoms with Gasteiger partial charge in [0.05, 0.1) is 34.1 Å². The molecule has 0 N–H and O–H groups in total. The van der Waals surface area contributed by atoms with Gasteiger partial charge in [0.15, 0.2) is 0 Å². The largest absolute Gasteiger partial charge is 0.309 e. The molecule has 0 saturated heterocycles. The molecule has 0 radical (unpaired) electrons. The number of nitrogens with zero attached hydrogens (tertiary/aromatic N) is 3. The van der Waals surface area contributed by atoms with E-state index in [1.54, 1.807) is 0 Å². The van der Waals surface area contributed by atoms with E-state index in [4.69, 9.17) is 4.98 Å². The lowest BCUT2D eigenvalue weighted by Crippen LogP contribution is -2.16. The molecular formula is C51H35N3. The Hall–Kier alpha value is -7.02. The lowest BCUT2D eigenvalue weighted by Gasteiger charge is -2.24. The van der Waals surface area contributed by atoms with Crippen LogP contribution in [0.25, 0.3) is 83.4 Å². The summed E-state index contributed by atoms with van der Waals surface area (Å²) in [6, 6.07) is 64.6. The van der Waals surface area contributed by atoms with Gasteiger partial charge in [-0.25, -0.2) is 4.98 Å². The fraction of sp³-hybridized carbons (Fsp3) is 0.0588.